The second-order valence-electron chi connectivity index (χ2n) is 4.94. The molecular formula is C15H20N2O4. The number of nitrogens with zero attached hydrogens (tertiary/aromatic N) is 1. The second-order valence-corrected chi connectivity index (χ2v) is 4.94. The zero-order valence-corrected chi connectivity index (χ0v) is 12.0. The number of carbonyl (C=O) groups excluding carboxylic acids is 1. The van der Waals surface area contributed by atoms with Crippen LogP contribution >= 0.6 is 0 Å². The number of ether oxygens (including phenoxy) is 1. The lowest BCUT2D eigenvalue weighted by molar-refractivity contribution is -0.147. The number of amides is 2. The molecule has 2 amide bonds. The Morgan fingerprint density at radius 3 is 2.76 bits per heavy atom. The third-order valence-corrected chi connectivity index (χ3v) is 3.58. The smallest absolute Gasteiger partial charge is 0.328 e. The topological polar surface area (TPSA) is 78.9 Å². The number of carboxylic acids is 1. The predicted octanol–water partition coefficient (Wildman–Crippen LogP) is 1.63. The summed E-state index contributed by atoms with van der Waals surface area (Å²) in [4.78, 5) is 24.9. The summed E-state index contributed by atoms with van der Waals surface area (Å²) < 4.78 is 5.14. The van der Waals surface area contributed by atoms with Gasteiger partial charge in [-0.15, -0.1) is 0 Å². The molecule has 2 atom stereocenters. The number of benzene rings is 1. The number of urea groups is 1. The predicted molar refractivity (Wildman–Crippen MR) is 77.0 cm³/mol. The SMILES string of the molecule is CCC(NC(=O)N1CCOCC1C(=O)O)c1ccccc1. The monoisotopic (exact) mass is 292 g/mol. The van der Waals surface area contributed by atoms with E-state index < -0.39 is 12.0 Å². The highest BCUT2D eigenvalue weighted by molar-refractivity contribution is 5.83. The van der Waals surface area contributed by atoms with Crippen molar-refractivity contribution in [2.24, 2.45) is 0 Å². The second kappa shape index (κ2) is 7.08. The molecule has 0 radical (unpaired) electrons. The summed E-state index contributed by atoms with van der Waals surface area (Å²) in [7, 11) is 0. The van der Waals surface area contributed by atoms with Crippen LogP contribution in [0.15, 0.2) is 30.3 Å². The molecule has 2 N–H and O–H groups in total. The van der Waals surface area contributed by atoms with Gasteiger partial charge in [0.15, 0.2) is 6.04 Å². The first-order valence-corrected chi connectivity index (χ1v) is 7.06. The Balaban J connectivity index is 2.06. The van der Waals surface area contributed by atoms with E-state index in [4.69, 9.17) is 9.84 Å². The number of carbonyl (C=O) groups is 2. The maximum atomic E-state index is 12.4. The van der Waals surface area contributed by atoms with Gasteiger partial charge in [-0.25, -0.2) is 9.59 Å². The van der Waals surface area contributed by atoms with Gasteiger partial charge in [-0.1, -0.05) is 37.3 Å². The number of hydrogen-bond donors (Lipinski definition) is 2. The van der Waals surface area contributed by atoms with E-state index >= 15 is 0 Å². The Kier molecular flexibility index (Phi) is 5.16. The lowest BCUT2D eigenvalue weighted by Gasteiger charge is -2.34. The summed E-state index contributed by atoms with van der Waals surface area (Å²) in [6.07, 6.45) is 0.734. The number of aliphatic carboxylic acids is 1. The number of carboxylic acid groups (broad SMARTS) is 1. The van der Waals surface area contributed by atoms with Gasteiger partial charge < -0.3 is 20.1 Å². The van der Waals surface area contributed by atoms with E-state index in [1.807, 2.05) is 37.3 Å². The number of nitrogens with one attached hydrogen (secondary N) is 1. The fraction of sp³-hybridized carbons (Fsp3) is 0.467. The van der Waals surface area contributed by atoms with Gasteiger partial charge in [0, 0.05) is 6.54 Å². The normalized spacial score (nSPS) is 19.9. The van der Waals surface area contributed by atoms with Crippen LogP contribution in [0.1, 0.15) is 24.9 Å². The van der Waals surface area contributed by atoms with Crippen molar-refractivity contribution >= 4 is 12.0 Å². The van der Waals surface area contributed by atoms with Gasteiger partial charge in [-0.3, -0.25) is 0 Å². The quantitative estimate of drug-likeness (QED) is 0.884. The van der Waals surface area contributed by atoms with Crippen molar-refractivity contribution in [1.29, 1.82) is 0 Å². The highest BCUT2D eigenvalue weighted by Crippen LogP contribution is 2.17. The summed E-state index contributed by atoms with van der Waals surface area (Å²) in [6, 6.07) is 8.23. The van der Waals surface area contributed by atoms with Crippen LogP contribution in [0.3, 0.4) is 0 Å². The minimum absolute atomic E-state index is 0.0326. The van der Waals surface area contributed by atoms with Gasteiger partial charge in [0.1, 0.15) is 0 Å². The fourth-order valence-corrected chi connectivity index (χ4v) is 2.39. The molecule has 1 aromatic carbocycles. The lowest BCUT2D eigenvalue weighted by atomic mass is 10.0. The zero-order valence-electron chi connectivity index (χ0n) is 12.0. The van der Waals surface area contributed by atoms with Crippen molar-refractivity contribution in [2.45, 2.75) is 25.4 Å². The average molecular weight is 292 g/mol. The molecule has 0 aromatic heterocycles. The van der Waals surface area contributed by atoms with Crippen molar-refractivity contribution in [2.75, 3.05) is 19.8 Å². The summed E-state index contributed by atoms with van der Waals surface area (Å²) in [5.41, 5.74) is 1.01. The average Bonchev–Trinajstić information content (AvgIpc) is 2.53. The molecule has 0 aliphatic carbocycles. The number of hydrogen-bond acceptors (Lipinski definition) is 3. The van der Waals surface area contributed by atoms with Crippen LogP contribution < -0.4 is 5.32 Å². The molecule has 0 spiro atoms. The molecule has 1 saturated heterocycles. The zero-order chi connectivity index (χ0) is 15.2. The van der Waals surface area contributed by atoms with Crippen molar-refractivity contribution in [3.8, 4) is 0 Å². The van der Waals surface area contributed by atoms with Crippen LogP contribution in [0, 0.1) is 0 Å². The number of rotatable bonds is 4. The molecule has 6 heteroatoms. The molecule has 114 valence electrons. The summed E-state index contributed by atoms with van der Waals surface area (Å²) >= 11 is 0. The van der Waals surface area contributed by atoms with E-state index in [1.165, 1.54) is 4.90 Å². The minimum atomic E-state index is -1.04. The molecule has 1 heterocycles. The van der Waals surface area contributed by atoms with Gasteiger partial charge in [-0.05, 0) is 12.0 Å². The standard InChI is InChI=1S/C15H20N2O4/c1-2-12(11-6-4-3-5-7-11)16-15(20)17-8-9-21-10-13(17)14(18)19/h3-7,12-13H,2,8-10H2,1H3,(H,16,20)(H,18,19). The molecule has 1 aliphatic heterocycles. The van der Waals surface area contributed by atoms with Crippen LogP contribution in [-0.4, -0.2) is 47.8 Å². The molecular weight excluding hydrogens is 272 g/mol. The van der Waals surface area contributed by atoms with Crippen molar-refractivity contribution in [1.82, 2.24) is 10.2 Å². The first kappa shape index (κ1) is 15.3. The lowest BCUT2D eigenvalue weighted by Crippen LogP contribution is -2.56. The summed E-state index contributed by atoms with van der Waals surface area (Å²) in [5.74, 6) is -1.04. The Labute approximate surface area is 123 Å². The van der Waals surface area contributed by atoms with Crippen molar-refractivity contribution < 1.29 is 19.4 Å². The van der Waals surface area contributed by atoms with Gasteiger partial charge >= 0.3 is 12.0 Å². The Morgan fingerprint density at radius 1 is 1.43 bits per heavy atom. The maximum Gasteiger partial charge on any atom is 0.328 e. The molecule has 0 bridgehead atoms. The summed E-state index contributed by atoms with van der Waals surface area (Å²) in [5, 5.41) is 12.1. The molecule has 2 unspecified atom stereocenters. The molecule has 0 saturated carbocycles. The third-order valence-electron chi connectivity index (χ3n) is 3.58. The van der Waals surface area contributed by atoms with E-state index in [2.05, 4.69) is 5.32 Å². The van der Waals surface area contributed by atoms with Gasteiger partial charge in [0.05, 0.1) is 19.3 Å². The molecule has 2 rings (SSSR count). The fourth-order valence-electron chi connectivity index (χ4n) is 2.39. The van der Waals surface area contributed by atoms with E-state index in [0.717, 1.165) is 12.0 Å². The summed E-state index contributed by atoms with van der Waals surface area (Å²) in [6.45, 7) is 2.66. The van der Waals surface area contributed by atoms with Gasteiger partial charge in [-0.2, -0.15) is 0 Å². The molecule has 1 fully saturated rings. The minimum Gasteiger partial charge on any atom is -0.480 e. The van der Waals surface area contributed by atoms with E-state index in [9.17, 15) is 9.59 Å². The van der Waals surface area contributed by atoms with Crippen LogP contribution in [0.5, 0.6) is 0 Å². The largest absolute Gasteiger partial charge is 0.480 e. The molecule has 1 aromatic rings. The van der Waals surface area contributed by atoms with Crippen molar-refractivity contribution in [3.05, 3.63) is 35.9 Å². The highest BCUT2D eigenvalue weighted by atomic mass is 16.5. The first-order valence-electron chi connectivity index (χ1n) is 7.06. The Bertz CT molecular complexity index is 492. The van der Waals surface area contributed by atoms with Gasteiger partial charge in [0.2, 0.25) is 0 Å². The van der Waals surface area contributed by atoms with Crippen LogP contribution in [0.4, 0.5) is 4.79 Å². The Hall–Kier alpha value is -2.08. The van der Waals surface area contributed by atoms with Crippen molar-refractivity contribution in [3.63, 3.8) is 0 Å². The first-order chi connectivity index (χ1) is 10.1. The van der Waals surface area contributed by atoms with Crippen LogP contribution in [-0.2, 0) is 9.53 Å². The number of morpholine rings is 1. The Morgan fingerprint density at radius 2 is 2.14 bits per heavy atom. The molecule has 6 nitrogen and oxygen atoms in total. The van der Waals surface area contributed by atoms with E-state index in [1.54, 1.807) is 0 Å². The molecule has 21 heavy (non-hydrogen) atoms. The van der Waals surface area contributed by atoms with Crippen LogP contribution in [0.2, 0.25) is 0 Å². The molecule has 1 aliphatic rings. The van der Waals surface area contributed by atoms with E-state index in [-0.39, 0.29) is 25.2 Å². The van der Waals surface area contributed by atoms with Crippen LogP contribution in [0.25, 0.3) is 0 Å². The third kappa shape index (κ3) is 3.72. The van der Waals surface area contributed by atoms with E-state index in [0.29, 0.717) is 6.61 Å². The highest BCUT2D eigenvalue weighted by Gasteiger charge is 2.33. The maximum absolute atomic E-state index is 12.4. The van der Waals surface area contributed by atoms with Gasteiger partial charge in [0.25, 0.3) is 0 Å².